The van der Waals surface area contributed by atoms with Gasteiger partial charge in [0.15, 0.2) is 0 Å². The summed E-state index contributed by atoms with van der Waals surface area (Å²) in [6.07, 6.45) is 5.13. The van der Waals surface area contributed by atoms with E-state index < -0.39 is 0 Å². The molecule has 0 atom stereocenters. The molecule has 70 valence electrons. The zero-order valence-corrected chi connectivity index (χ0v) is 8.47. The van der Waals surface area contributed by atoms with Crippen LogP contribution >= 0.6 is 11.8 Å². The molecule has 1 aromatic rings. The van der Waals surface area contributed by atoms with Crippen LogP contribution in [0.3, 0.4) is 0 Å². The highest BCUT2D eigenvalue weighted by Crippen LogP contribution is 2.15. The monoisotopic (exact) mass is 195 g/mol. The van der Waals surface area contributed by atoms with E-state index in [1.807, 2.05) is 7.05 Å². The molecule has 1 N–H and O–H groups in total. The van der Waals surface area contributed by atoms with Crippen molar-refractivity contribution in [3.8, 4) is 0 Å². The Hall–Kier alpha value is -0.870. The molecule has 1 aromatic heterocycles. The van der Waals surface area contributed by atoms with Gasteiger partial charge in [-0.25, -0.2) is 4.98 Å². The molecule has 0 aliphatic rings. The van der Waals surface area contributed by atoms with Gasteiger partial charge in [-0.15, -0.1) is 11.8 Å². The summed E-state index contributed by atoms with van der Waals surface area (Å²) >= 11 is 1.66. The van der Waals surface area contributed by atoms with Crippen LogP contribution in [0.5, 0.6) is 0 Å². The Morgan fingerprint density at radius 2 is 2.46 bits per heavy atom. The van der Waals surface area contributed by atoms with Gasteiger partial charge in [0.2, 0.25) is 0 Å². The molecule has 0 amide bonds. The predicted molar refractivity (Wildman–Crippen MR) is 55.8 cm³/mol. The summed E-state index contributed by atoms with van der Waals surface area (Å²) in [5.74, 6) is 0.888. The molecule has 13 heavy (non-hydrogen) atoms. The molecule has 0 fully saturated rings. The molecule has 0 unspecified atom stereocenters. The van der Waals surface area contributed by atoms with Crippen molar-refractivity contribution in [2.24, 2.45) is 0 Å². The van der Waals surface area contributed by atoms with Crippen molar-refractivity contribution in [1.29, 1.82) is 0 Å². The average molecular weight is 195 g/mol. The van der Waals surface area contributed by atoms with Gasteiger partial charge in [-0.2, -0.15) is 0 Å². The van der Waals surface area contributed by atoms with Crippen LogP contribution in [0.25, 0.3) is 0 Å². The standard InChI is InChI=1S/C9H13N3S/c1-8(5-10-2)7-13-9-6-11-3-4-12-9/h3-4,6,10H,1,5,7H2,2H3. The molecule has 4 heteroatoms. The lowest BCUT2D eigenvalue weighted by Crippen LogP contribution is -2.10. The molecule has 0 aliphatic carbocycles. The first-order valence-corrected chi connectivity index (χ1v) is 5.01. The van der Waals surface area contributed by atoms with Gasteiger partial charge < -0.3 is 5.32 Å². The first kappa shape index (κ1) is 10.2. The van der Waals surface area contributed by atoms with Gasteiger partial charge in [-0.05, 0) is 7.05 Å². The van der Waals surface area contributed by atoms with Crippen LogP contribution in [0, 0.1) is 0 Å². The van der Waals surface area contributed by atoms with E-state index in [9.17, 15) is 0 Å². The fraction of sp³-hybridized carbons (Fsp3) is 0.333. The number of likely N-dealkylation sites (N-methyl/N-ethyl adjacent to an activating group) is 1. The minimum Gasteiger partial charge on any atom is -0.316 e. The van der Waals surface area contributed by atoms with Crippen LogP contribution in [0.1, 0.15) is 0 Å². The van der Waals surface area contributed by atoms with Gasteiger partial charge in [0, 0.05) is 24.7 Å². The van der Waals surface area contributed by atoms with E-state index >= 15 is 0 Å². The normalized spacial score (nSPS) is 9.92. The highest BCUT2D eigenvalue weighted by molar-refractivity contribution is 7.99. The molecule has 0 bridgehead atoms. The lowest BCUT2D eigenvalue weighted by Gasteiger charge is -2.02. The second kappa shape index (κ2) is 5.72. The molecule has 1 heterocycles. The quantitative estimate of drug-likeness (QED) is 0.568. The van der Waals surface area contributed by atoms with Crippen LogP contribution in [0.2, 0.25) is 0 Å². The molecule has 0 spiro atoms. The fourth-order valence-corrected chi connectivity index (χ4v) is 1.56. The smallest absolute Gasteiger partial charge is 0.115 e. The summed E-state index contributed by atoms with van der Waals surface area (Å²) in [5, 5.41) is 4.00. The largest absolute Gasteiger partial charge is 0.316 e. The zero-order chi connectivity index (χ0) is 9.52. The molecule has 0 aromatic carbocycles. The summed E-state index contributed by atoms with van der Waals surface area (Å²) in [5.41, 5.74) is 1.16. The van der Waals surface area contributed by atoms with Crippen LogP contribution in [0.15, 0.2) is 35.8 Å². The van der Waals surface area contributed by atoms with E-state index in [1.54, 1.807) is 30.4 Å². The van der Waals surface area contributed by atoms with Gasteiger partial charge in [0.1, 0.15) is 5.03 Å². The van der Waals surface area contributed by atoms with Gasteiger partial charge in [0.05, 0.1) is 6.20 Å². The van der Waals surface area contributed by atoms with Gasteiger partial charge in [0.25, 0.3) is 0 Å². The maximum atomic E-state index is 4.15. The second-order valence-corrected chi connectivity index (χ2v) is 3.61. The molecule has 0 saturated carbocycles. The Kier molecular flexibility index (Phi) is 4.49. The van der Waals surface area contributed by atoms with Crippen LogP contribution in [-0.4, -0.2) is 29.3 Å². The van der Waals surface area contributed by atoms with Crippen molar-refractivity contribution in [1.82, 2.24) is 15.3 Å². The van der Waals surface area contributed by atoms with Crippen LogP contribution in [-0.2, 0) is 0 Å². The van der Waals surface area contributed by atoms with Crippen molar-refractivity contribution in [2.45, 2.75) is 5.03 Å². The zero-order valence-electron chi connectivity index (χ0n) is 7.66. The van der Waals surface area contributed by atoms with E-state index in [2.05, 4.69) is 21.9 Å². The third-order valence-electron chi connectivity index (χ3n) is 1.39. The Morgan fingerprint density at radius 1 is 1.62 bits per heavy atom. The predicted octanol–water partition coefficient (Wildman–Crippen LogP) is 1.34. The summed E-state index contributed by atoms with van der Waals surface area (Å²) < 4.78 is 0. The Morgan fingerprint density at radius 3 is 3.08 bits per heavy atom. The van der Waals surface area contributed by atoms with Crippen molar-refractivity contribution >= 4 is 11.8 Å². The first-order chi connectivity index (χ1) is 6.33. The molecule has 0 radical (unpaired) electrons. The van der Waals surface area contributed by atoms with Gasteiger partial charge in [-0.1, -0.05) is 12.2 Å². The van der Waals surface area contributed by atoms with E-state index in [4.69, 9.17) is 0 Å². The van der Waals surface area contributed by atoms with Crippen LogP contribution in [0.4, 0.5) is 0 Å². The number of hydrogen-bond donors (Lipinski definition) is 1. The van der Waals surface area contributed by atoms with Crippen molar-refractivity contribution in [3.05, 3.63) is 30.7 Å². The first-order valence-electron chi connectivity index (χ1n) is 4.03. The number of thioether (sulfide) groups is 1. The molecular weight excluding hydrogens is 182 g/mol. The summed E-state index contributed by atoms with van der Waals surface area (Å²) in [6.45, 7) is 4.78. The van der Waals surface area contributed by atoms with Gasteiger partial charge in [-0.3, -0.25) is 4.98 Å². The number of aromatic nitrogens is 2. The van der Waals surface area contributed by atoms with Crippen LogP contribution < -0.4 is 5.32 Å². The third kappa shape index (κ3) is 4.05. The molecule has 0 aliphatic heterocycles. The van der Waals surface area contributed by atoms with E-state index in [0.29, 0.717) is 0 Å². The topological polar surface area (TPSA) is 37.8 Å². The highest BCUT2D eigenvalue weighted by Gasteiger charge is 1.96. The van der Waals surface area contributed by atoms with E-state index in [0.717, 1.165) is 22.9 Å². The molecule has 1 rings (SSSR count). The lowest BCUT2D eigenvalue weighted by atomic mass is 10.3. The number of hydrogen-bond acceptors (Lipinski definition) is 4. The molecule has 0 saturated heterocycles. The SMILES string of the molecule is C=C(CNC)CSc1cnccn1. The van der Waals surface area contributed by atoms with E-state index in [-0.39, 0.29) is 0 Å². The maximum absolute atomic E-state index is 4.15. The summed E-state index contributed by atoms with van der Waals surface area (Å²) in [6, 6.07) is 0. The van der Waals surface area contributed by atoms with Crippen molar-refractivity contribution < 1.29 is 0 Å². The Balaban J connectivity index is 2.31. The van der Waals surface area contributed by atoms with Crippen molar-refractivity contribution in [2.75, 3.05) is 19.3 Å². The summed E-state index contributed by atoms with van der Waals surface area (Å²) in [4.78, 5) is 8.13. The number of nitrogens with zero attached hydrogens (tertiary/aromatic N) is 2. The van der Waals surface area contributed by atoms with Gasteiger partial charge >= 0.3 is 0 Å². The minimum absolute atomic E-state index is 0.854. The average Bonchev–Trinajstić information content (AvgIpc) is 2.17. The van der Waals surface area contributed by atoms with E-state index in [1.165, 1.54) is 0 Å². The Labute approximate surface area is 82.7 Å². The number of nitrogens with one attached hydrogen (secondary N) is 1. The van der Waals surface area contributed by atoms with Crippen molar-refractivity contribution in [3.63, 3.8) is 0 Å². The molecular formula is C9H13N3S. The number of rotatable bonds is 5. The lowest BCUT2D eigenvalue weighted by molar-refractivity contribution is 0.885. The minimum atomic E-state index is 0.854. The summed E-state index contributed by atoms with van der Waals surface area (Å²) in [7, 11) is 1.91. The Bertz CT molecular complexity index is 261. The highest BCUT2D eigenvalue weighted by atomic mass is 32.2. The fourth-order valence-electron chi connectivity index (χ4n) is 0.837. The molecule has 3 nitrogen and oxygen atoms in total. The third-order valence-corrected chi connectivity index (χ3v) is 2.45. The second-order valence-electron chi connectivity index (χ2n) is 2.61. The maximum Gasteiger partial charge on any atom is 0.115 e.